The van der Waals surface area contributed by atoms with Gasteiger partial charge in [0.25, 0.3) is 5.91 Å². The third-order valence-electron chi connectivity index (χ3n) is 4.85. The van der Waals surface area contributed by atoms with E-state index in [4.69, 9.17) is 0 Å². The van der Waals surface area contributed by atoms with Crippen molar-refractivity contribution < 1.29 is 18.0 Å². The van der Waals surface area contributed by atoms with Crippen LogP contribution in [0.5, 0.6) is 0 Å². The Morgan fingerprint density at radius 1 is 1.09 bits per heavy atom. The minimum absolute atomic E-state index is 0.0138. The van der Waals surface area contributed by atoms with Crippen molar-refractivity contribution in [1.29, 1.82) is 0 Å². The molecule has 2 heterocycles. The summed E-state index contributed by atoms with van der Waals surface area (Å²) < 4.78 is 40.3. The zero-order valence-corrected chi connectivity index (χ0v) is 18.0. The lowest BCUT2D eigenvalue weighted by molar-refractivity contribution is -0.137. The van der Waals surface area contributed by atoms with E-state index < -0.39 is 17.6 Å². The number of benzene rings is 2. The van der Waals surface area contributed by atoms with E-state index in [1.165, 1.54) is 28.2 Å². The summed E-state index contributed by atoms with van der Waals surface area (Å²) in [6, 6.07) is 14.6. The molecule has 6 nitrogen and oxygen atoms in total. The molecule has 0 aliphatic carbocycles. The summed E-state index contributed by atoms with van der Waals surface area (Å²) in [6.45, 7) is 3.45. The molecule has 0 aliphatic rings. The van der Waals surface area contributed by atoms with E-state index >= 15 is 0 Å². The molecule has 0 aliphatic heterocycles. The molecule has 0 saturated heterocycles. The highest BCUT2D eigenvalue weighted by molar-refractivity contribution is 7.15. The van der Waals surface area contributed by atoms with Crippen molar-refractivity contribution in [2.75, 3.05) is 5.32 Å². The Morgan fingerprint density at radius 2 is 1.84 bits per heavy atom. The molecule has 32 heavy (non-hydrogen) atoms. The second-order valence-corrected chi connectivity index (χ2v) is 8.21. The maximum absolute atomic E-state index is 13.0. The van der Waals surface area contributed by atoms with Crippen molar-refractivity contribution in [2.24, 2.45) is 0 Å². The number of aryl methyl sites for hydroxylation is 1. The van der Waals surface area contributed by atoms with E-state index in [1.54, 1.807) is 6.92 Å². The minimum atomic E-state index is -4.48. The van der Waals surface area contributed by atoms with Gasteiger partial charge in [-0.3, -0.25) is 10.1 Å². The van der Waals surface area contributed by atoms with Gasteiger partial charge in [-0.1, -0.05) is 41.6 Å². The third-order valence-corrected chi connectivity index (χ3v) is 5.92. The lowest BCUT2D eigenvalue weighted by Gasteiger charge is -2.09. The Bertz CT molecular complexity index is 1260. The molecule has 164 valence electrons. The Labute approximate surface area is 185 Å². The number of hydrogen-bond acceptors (Lipinski definition) is 5. The van der Waals surface area contributed by atoms with Gasteiger partial charge in [-0.05, 0) is 37.6 Å². The highest BCUT2D eigenvalue weighted by atomic mass is 32.1. The highest BCUT2D eigenvalue weighted by Crippen LogP contribution is 2.30. The van der Waals surface area contributed by atoms with E-state index in [9.17, 15) is 18.0 Å². The predicted octanol–water partition coefficient (Wildman–Crippen LogP) is 5.20. The van der Waals surface area contributed by atoms with Crippen molar-refractivity contribution in [3.05, 3.63) is 87.7 Å². The lowest BCUT2D eigenvalue weighted by atomic mass is 10.1. The number of hydrogen-bond donors (Lipinski definition) is 1. The van der Waals surface area contributed by atoms with Crippen LogP contribution in [0.2, 0.25) is 0 Å². The topological polar surface area (TPSA) is 72.7 Å². The number of aromatic nitrogens is 4. The number of halogens is 3. The second kappa shape index (κ2) is 8.54. The number of thiazole rings is 1. The quantitative estimate of drug-likeness (QED) is 0.447. The molecule has 1 amide bonds. The monoisotopic (exact) mass is 457 g/mol. The maximum atomic E-state index is 13.0. The van der Waals surface area contributed by atoms with Gasteiger partial charge in [0.15, 0.2) is 10.8 Å². The van der Waals surface area contributed by atoms with Crippen molar-refractivity contribution >= 4 is 22.4 Å². The molecule has 0 atom stereocenters. The Balaban J connectivity index is 1.53. The SMILES string of the molecule is Cc1nc(NC(=O)c2nnn(-c3cccc(C(F)(F)F)c3)c2C)sc1Cc1ccccc1. The van der Waals surface area contributed by atoms with Crippen LogP contribution in [0.1, 0.15) is 37.9 Å². The second-order valence-electron chi connectivity index (χ2n) is 7.13. The number of anilines is 1. The van der Waals surface area contributed by atoms with E-state index in [-0.39, 0.29) is 11.4 Å². The Kier molecular flexibility index (Phi) is 5.79. The molecular formula is C22H18F3N5OS. The number of nitrogens with one attached hydrogen (secondary N) is 1. The van der Waals surface area contributed by atoms with Crippen LogP contribution in [0.25, 0.3) is 5.69 Å². The fourth-order valence-corrected chi connectivity index (χ4v) is 4.17. The number of alkyl halides is 3. The summed E-state index contributed by atoms with van der Waals surface area (Å²) in [5.41, 5.74) is 1.65. The zero-order chi connectivity index (χ0) is 22.9. The molecule has 10 heteroatoms. The van der Waals surface area contributed by atoms with Crippen LogP contribution in [-0.2, 0) is 12.6 Å². The summed E-state index contributed by atoms with van der Waals surface area (Å²) in [5, 5.41) is 10.9. The molecule has 1 N–H and O–H groups in total. The largest absolute Gasteiger partial charge is 0.416 e. The third kappa shape index (κ3) is 4.54. The minimum Gasteiger partial charge on any atom is -0.296 e. The molecule has 2 aromatic carbocycles. The fraction of sp³-hybridized carbons (Fsp3) is 0.182. The summed E-state index contributed by atoms with van der Waals surface area (Å²) in [5.74, 6) is -0.527. The van der Waals surface area contributed by atoms with E-state index in [0.29, 0.717) is 17.2 Å². The summed E-state index contributed by atoms with van der Waals surface area (Å²) in [7, 11) is 0. The molecule has 0 bridgehead atoms. The van der Waals surface area contributed by atoms with Gasteiger partial charge < -0.3 is 0 Å². The van der Waals surface area contributed by atoms with Gasteiger partial charge in [-0.15, -0.1) is 16.4 Å². The van der Waals surface area contributed by atoms with Gasteiger partial charge in [-0.2, -0.15) is 13.2 Å². The number of nitrogens with zero attached hydrogens (tertiary/aromatic N) is 4. The fourth-order valence-electron chi connectivity index (χ4n) is 3.18. The average Bonchev–Trinajstić information content (AvgIpc) is 3.30. The summed E-state index contributed by atoms with van der Waals surface area (Å²) >= 11 is 1.37. The molecule has 0 spiro atoms. The maximum Gasteiger partial charge on any atom is 0.416 e. The van der Waals surface area contributed by atoms with Gasteiger partial charge in [0.1, 0.15) is 0 Å². The van der Waals surface area contributed by atoms with Crippen molar-refractivity contribution in [2.45, 2.75) is 26.4 Å². The predicted molar refractivity (Wildman–Crippen MR) is 115 cm³/mol. The normalized spacial score (nSPS) is 11.5. The first-order chi connectivity index (χ1) is 15.2. The highest BCUT2D eigenvalue weighted by Gasteiger charge is 2.31. The number of carbonyl (C=O) groups excluding carboxylic acids is 1. The lowest BCUT2D eigenvalue weighted by Crippen LogP contribution is -2.14. The standard InChI is InChI=1S/C22H18F3N5OS/c1-13-18(11-15-7-4-3-5-8-15)32-21(26-13)27-20(31)19-14(2)30(29-28-19)17-10-6-9-16(12-17)22(23,24)25/h3-10,12H,11H2,1-2H3,(H,26,27,31). The number of carbonyl (C=O) groups is 1. The molecule has 0 fully saturated rings. The molecular weight excluding hydrogens is 439 g/mol. The van der Waals surface area contributed by atoms with Crippen LogP contribution in [0.3, 0.4) is 0 Å². The summed E-state index contributed by atoms with van der Waals surface area (Å²) in [4.78, 5) is 18.2. The average molecular weight is 457 g/mol. The van der Waals surface area contributed by atoms with E-state index in [2.05, 4.69) is 20.6 Å². The van der Waals surface area contributed by atoms with Crippen LogP contribution in [0, 0.1) is 13.8 Å². The van der Waals surface area contributed by atoms with Crippen LogP contribution < -0.4 is 5.32 Å². The first-order valence-electron chi connectivity index (χ1n) is 9.64. The van der Waals surface area contributed by atoms with Crippen LogP contribution >= 0.6 is 11.3 Å². The molecule has 0 unspecified atom stereocenters. The molecule has 4 rings (SSSR count). The zero-order valence-electron chi connectivity index (χ0n) is 17.1. The van der Waals surface area contributed by atoms with Crippen LogP contribution in [-0.4, -0.2) is 25.9 Å². The number of amides is 1. The van der Waals surface area contributed by atoms with Crippen molar-refractivity contribution in [3.8, 4) is 5.69 Å². The molecule has 0 radical (unpaired) electrons. The van der Waals surface area contributed by atoms with Crippen molar-refractivity contribution in [1.82, 2.24) is 20.0 Å². The Hall–Kier alpha value is -3.53. The molecule has 0 saturated carbocycles. The smallest absolute Gasteiger partial charge is 0.296 e. The number of rotatable bonds is 5. The summed E-state index contributed by atoms with van der Waals surface area (Å²) in [6.07, 6.45) is -3.78. The van der Waals surface area contributed by atoms with Gasteiger partial charge in [0.05, 0.1) is 22.6 Å². The van der Waals surface area contributed by atoms with Gasteiger partial charge in [0, 0.05) is 11.3 Å². The molecule has 2 aromatic heterocycles. The first-order valence-corrected chi connectivity index (χ1v) is 10.5. The first kappa shape index (κ1) is 21.7. The van der Waals surface area contributed by atoms with Gasteiger partial charge in [0.2, 0.25) is 0 Å². The Morgan fingerprint density at radius 3 is 2.56 bits per heavy atom. The van der Waals surface area contributed by atoms with E-state index in [0.717, 1.165) is 28.3 Å². The van der Waals surface area contributed by atoms with Crippen LogP contribution in [0.15, 0.2) is 54.6 Å². The van der Waals surface area contributed by atoms with Gasteiger partial charge in [-0.25, -0.2) is 9.67 Å². The van der Waals surface area contributed by atoms with Gasteiger partial charge >= 0.3 is 6.18 Å². The van der Waals surface area contributed by atoms with E-state index in [1.807, 2.05) is 37.3 Å². The molecule has 4 aromatic rings. The van der Waals surface area contributed by atoms with Crippen molar-refractivity contribution in [3.63, 3.8) is 0 Å². The van der Waals surface area contributed by atoms with Crippen LogP contribution in [0.4, 0.5) is 18.3 Å².